The molecule has 0 bridgehead atoms. The van der Waals surface area contributed by atoms with E-state index in [1.165, 1.54) is 0 Å². The normalized spacial score (nSPS) is 13.0. The predicted octanol–water partition coefficient (Wildman–Crippen LogP) is 2.14. The van der Waals surface area contributed by atoms with Gasteiger partial charge >= 0.3 is 0 Å². The van der Waals surface area contributed by atoms with E-state index >= 15 is 0 Å². The summed E-state index contributed by atoms with van der Waals surface area (Å²) in [4.78, 5) is 4.20. The highest BCUT2D eigenvalue weighted by Crippen LogP contribution is 2.17. The Bertz CT molecular complexity index is 271. The molecule has 0 unspecified atom stereocenters. The molecule has 66 valence electrons. The van der Waals surface area contributed by atoms with Gasteiger partial charge in [-0.05, 0) is 31.4 Å². The monoisotopic (exact) mass is 165 g/mol. The number of hydrogen-bond donors (Lipinski definition) is 1. The maximum atomic E-state index is 9.54. The van der Waals surface area contributed by atoms with Crippen molar-refractivity contribution in [2.75, 3.05) is 0 Å². The Morgan fingerprint density at radius 1 is 1.50 bits per heavy atom. The lowest BCUT2D eigenvalue weighted by Crippen LogP contribution is -2.01. The van der Waals surface area contributed by atoms with E-state index in [0.717, 1.165) is 23.2 Å². The number of pyridine rings is 1. The molecule has 0 fully saturated rings. The van der Waals surface area contributed by atoms with Crippen molar-refractivity contribution in [2.45, 2.75) is 33.3 Å². The zero-order chi connectivity index (χ0) is 9.14. The molecule has 1 rings (SSSR count). The van der Waals surface area contributed by atoms with Crippen molar-refractivity contribution in [3.63, 3.8) is 0 Å². The number of aliphatic hydroxyl groups is 1. The molecule has 1 aromatic rings. The Hall–Kier alpha value is -0.890. The third-order valence-electron chi connectivity index (χ3n) is 1.96. The Balaban J connectivity index is 3.01. The van der Waals surface area contributed by atoms with Crippen LogP contribution in [0.15, 0.2) is 12.3 Å². The van der Waals surface area contributed by atoms with Crippen LogP contribution in [-0.2, 0) is 0 Å². The Morgan fingerprint density at radius 3 is 2.67 bits per heavy atom. The van der Waals surface area contributed by atoms with Crippen molar-refractivity contribution in [1.29, 1.82) is 0 Å². The highest BCUT2D eigenvalue weighted by molar-refractivity contribution is 5.24. The summed E-state index contributed by atoms with van der Waals surface area (Å²) in [7, 11) is 0. The summed E-state index contributed by atoms with van der Waals surface area (Å²) in [6.07, 6.45) is 2.10. The fourth-order valence-electron chi connectivity index (χ4n) is 1.27. The number of nitrogens with zero attached hydrogens (tertiary/aromatic N) is 1. The summed E-state index contributed by atoms with van der Waals surface area (Å²) >= 11 is 0. The lowest BCUT2D eigenvalue weighted by Gasteiger charge is -2.10. The third kappa shape index (κ3) is 1.83. The highest BCUT2D eigenvalue weighted by atomic mass is 16.3. The topological polar surface area (TPSA) is 33.1 Å². The summed E-state index contributed by atoms with van der Waals surface area (Å²) < 4.78 is 0. The molecule has 0 aliphatic rings. The van der Waals surface area contributed by atoms with Gasteiger partial charge in [-0.25, -0.2) is 0 Å². The summed E-state index contributed by atoms with van der Waals surface area (Å²) in [6, 6.07) is 2.04. The van der Waals surface area contributed by atoms with Gasteiger partial charge in [-0.15, -0.1) is 0 Å². The van der Waals surface area contributed by atoms with Crippen LogP contribution < -0.4 is 0 Å². The minimum absolute atomic E-state index is 0.411. The second kappa shape index (κ2) is 3.68. The van der Waals surface area contributed by atoms with Gasteiger partial charge in [-0.1, -0.05) is 13.0 Å². The zero-order valence-electron chi connectivity index (χ0n) is 7.83. The molecule has 12 heavy (non-hydrogen) atoms. The predicted molar refractivity (Wildman–Crippen MR) is 49.0 cm³/mol. The van der Waals surface area contributed by atoms with E-state index in [-0.39, 0.29) is 0 Å². The number of hydrogen-bond acceptors (Lipinski definition) is 2. The SMILES string of the molecule is CC[C@@H](O)c1ncc(C)cc1C. The molecule has 0 saturated heterocycles. The van der Waals surface area contributed by atoms with Gasteiger partial charge in [0.25, 0.3) is 0 Å². The first kappa shape index (κ1) is 9.20. The molecule has 0 aliphatic heterocycles. The molecule has 1 atom stereocenters. The van der Waals surface area contributed by atoms with Crippen LogP contribution in [0.25, 0.3) is 0 Å². The van der Waals surface area contributed by atoms with Gasteiger partial charge in [0.2, 0.25) is 0 Å². The van der Waals surface area contributed by atoms with E-state index in [1.54, 1.807) is 6.20 Å². The Morgan fingerprint density at radius 2 is 2.17 bits per heavy atom. The number of aliphatic hydroxyl groups excluding tert-OH is 1. The molecule has 0 amide bonds. The fourth-order valence-corrected chi connectivity index (χ4v) is 1.27. The van der Waals surface area contributed by atoms with Crippen molar-refractivity contribution in [3.05, 3.63) is 29.1 Å². The van der Waals surface area contributed by atoms with Gasteiger partial charge in [0, 0.05) is 6.20 Å². The maximum Gasteiger partial charge on any atom is 0.0959 e. The molecule has 0 radical (unpaired) electrons. The lowest BCUT2D eigenvalue weighted by atomic mass is 10.1. The first-order valence-electron chi connectivity index (χ1n) is 4.26. The van der Waals surface area contributed by atoms with Crippen LogP contribution >= 0.6 is 0 Å². The minimum Gasteiger partial charge on any atom is -0.387 e. The number of aryl methyl sites for hydroxylation is 2. The van der Waals surface area contributed by atoms with Crippen molar-refractivity contribution in [2.24, 2.45) is 0 Å². The van der Waals surface area contributed by atoms with Gasteiger partial charge in [0.15, 0.2) is 0 Å². The van der Waals surface area contributed by atoms with Gasteiger partial charge < -0.3 is 5.11 Å². The van der Waals surface area contributed by atoms with E-state index in [2.05, 4.69) is 4.98 Å². The number of rotatable bonds is 2. The second-order valence-corrected chi connectivity index (χ2v) is 3.14. The van der Waals surface area contributed by atoms with Crippen LogP contribution in [0.4, 0.5) is 0 Å². The molecule has 0 aliphatic carbocycles. The number of aromatic nitrogens is 1. The zero-order valence-corrected chi connectivity index (χ0v) is 7.83. The van der Waals surface area contributed by atoms with Crippen LogP contribution in [0, 0.1) is 13.8 Å². The summed E-state index contributed by atoms with van der Waals surface area (Å²) in [5.41, 5.74) is 3.02. The first-order valence-corrected chi connectivity index (χ1v) is 4.26. The summed E-state index contributed by atoms with van der Waals surface area (Å²) in [6.45, 7) is 5.93. The largest absolute Gasteiger partial charge is 0.387 e. The van der Waals surface area contributed by atoms with Crippen LogP contribution in [0.5, 0.6) is 0 Å². The van der Waals surface area contributed by atoms with Crippen LogP contribution in [0.1, 0.15) is 36.3 Å². The van der Waals surface area contributed by atoms with Crippen molar-refractivity contribution in [1.82, 2.24) is 4.98 Å². The maximum absolute atomic E-state index is 9.54. The minimum atomic E-state index is -0.411. The van der Waals surface area contributed by atoms with Crippen molar-refractivity contribution >= 4 is 0 Å². The Kier molecular flexibility index (Phi) is 2.82. The quantitative estimate of drug-likeness (QED) is 0.728. The van der Waals surface area contributed by atoms with Crippen LogP contribution in [0.3, 0.4) is 0 Å². The molecule has 0 saturated carbocycles. The van der Waals surface area contributed by atoms with E-state index in [4.69, 9.17) is 0 Å². The van der Waals surface area contributed by atoms with Gasteiger partial charge in [0.05, 0.1) is 11.8 Å². The van der Waals surface area contributed by atoms with Gasteiger partial charge in [-0.2, -0.15) is 0 Å². The molecule has 2 heteroatoms. The smallest absolute Gasteiger partial charge is 0.0959 e. The molecule has 0 spiro atoms. The Labute approximate surface area is 73.3 Å². The second-order valence-electron chi connectivity index (χ2n) is 3.14. The molecule has 1 aromatic heterocycles. The van der Waals surface area contributed by atoms with Crippen LogP contribution in [0.2, 0.25) is 0 Å². The first-order chi connectivity index (χ1) is 5.65. The average Bonchev–Trinajstić information content (AvgIpc) is 2.03. The molecule has 0 aromatic carbocycles. The van der Waals surface area contributed by atoms with E-state index in [0.29, 0.717) is 0 Å². The van der Waals surface area contributed by atoms with E-state index in [9.17, 15) is 5.11 Å². The fraction of sp³-hybridized carbons (Fsp3) is 0.500. The summed E-state index contributed by atoms with van der Waals surface area (Å²) in [5.74, 6) is 0. The molecular formula is C10H15NO. The van der Waals surface area contributed by atoms with Crippen molar-refractivity contribution < 1.29 is 5.11 Å². The van der Waals surface area contributed by atoms with E-state index in [1.807, 2.05) is 26.8 Å². The molecule has 1 N–H and O–H groups in total. The molecule has 2 nitrogen and oxygen atoms in total. The molecule has 1 heterocycles. The molecular weight excluding hydrogens is 150 g/mol. The van der Waals surface area contributed by atoms with Crippen molar-refractivity contribution in [3.8, 4) is 0 Å². The van der Waals surface area contributed by atoms with Gasteiger partial charge in [-0.3, -0.25) is 4.98 Å². The van der Waals surface area contributed by atoms with Gasteiger partial charge in [0.1, 0.15) is 0 Å². The average molecular weight is 165 g/mol. The summed E-state index contributed by atoms with van der Waals surface area (Å²) in [5, 5.41) is 9.54. The lowest BCUT2D eigenvalue weighted by molar-refractivity contribution is 0.168. The highest BCUT2D eigenvalue weighted by Gasteiger charge is 2.08. The third-order valence-corrected chi connectivity index (χ3v) is 1.96. The standard InChI is InChI=1S/C10H15NO/c1-4-9(12)10-8(3)5-7(2)6-11-10/h5-6,9,12H,4H2,1-3H3/t9-/m1/s1. The van der Waals surface area contributed by atoms with Crippen LogP contribution in [-0.4, -0.2) is 10.1 Å². The van der Waals surface area contributed by atoms with E-state index < -0.39 is 6.10 Å².